The van der Waals surface area contributed by atoms with Crippen LogP contribution in [-0.4, -0.2) is 60.1 Å². The largest absolute Gasteiger partial charge is 0.497 e. The second-order valence-electron chi connectivity index (χ2n) is 6.71. The number of piperazine rings is 1. The predicted molar refractivity (Wildman–Crippen MR) is 98.6 cm³/mol. The number of carbonyl (C=O) groups excluding carboxylic acids is 1. The van der Waals surface area contributed by atoms with E-state index in [1.54, 1.807) is 19.5 Å². The molecule has 1 saturated heterocycles. The second-order valence-corrected chi connectivity index (χ2v) is 6.71. The lowest BCUT2D eigenvalue weighted by Crippen LogP contribution is -2.46. The van der Waals surface area contributed by atoms with Crippen molar-refractivity contribution in [2.45, 2.75) is 18.4 Å². The Morgan fingerprint density at radius 1 is 1.27 bits per heavy atom. The quantitative estimate of drug-likeness (QED) is 0.848. The highest BCUT2D eigenvalue weighted by molar-refractivity contribution is 5.93. The van der Waals surface area contributed by atoms with Gasteiger partial charge in [-0.25, -0.2) is 9.97 Å². The monoisotopic (exact) mass is 353 g/mol. The van der Waals surface area contributed by atoms with Gasteiger partial charge in [-0.15, -0.1) is 0 Å². The summed E-state index contributed by atoms with van der Waals surface area (Å²) in [6, 6.07) is 8.46. The molecule has 2 heterocycles. The first-order valence-electron chi connectivity index (χ1n) is 8.97. The number of methoxy groups -OCH3 is 1. The molecule has 0 bridgehead atoms. The van der Waals surface area contributed by atoms with Gasteiger partial charge in [-0.1, -0.05) is 12.1 Å². The predicted octanol–water partition coefficient (Wildman–Crippen LogP) is 1.50. The van der Waals surface area contributed by atoms with Crippen molar-refractivity contribution in [1.82, 2.24) is 20.2 Å². The van der Waals surface area contributed by atoms with Gasteiger partial charge < -0.3 is 20.3 Å². The summed E-state index contributed by atoms with van der Waals surface area (Å²) in [6.07, 6.45) is 4.27. The minimum Gasteiger partial charge on any atom is -0.497 e. The Kier molecular flexibility index (Phi) is 4.71. The van der Waals surface area contributed by atoms with Crippen LogP contribution in [0.2, 0.25) is 0 Å². The molecule has 136 valence electrons. The molecule has 0 spiro atoms. The summed E-state index contributed by atoms with van der Waals surface area (Å²) in [4.78, 5) is 22.9. The van der Waals surface area contributed by atoms with Crippen LogP contribution in [0.25, 0.3) is 0 Å². The summed E-state index contributed by atoms with van der Waals surface area (Å²) < 4.78 is 5.29. The minimum atomic E-state index is -0.00118. The smallest absolute Gasteiger partial charge is 0.257 e. The van der Waals surface area contributed by atoms with Crippen molar-refractivity contribution in [1.29, 1.82) is 0 Å². The molecule has 26 heavy (non-hydrogen) atoms. The van der Waals surface area contributed by atoms with Gasteiger partial charge in [-0.05, 0) is 24.1 Å². The molecule has 2 atom stereocenters. The summed E-state index contributed by atoms with van der Waals surface area (Å²) in [5.74, 6) is 1.88. The van der Waals surface area contributed by atoms with Crippen molar-refractivity contribution in [3.8, 4) is 5.75 Å². The van der Waals surface area contributed by atoms with E-state index in [4.69, 9.17) is 4.74 Å². The highest BCUT2D eigenvalue weighted by Crippen LogP contribution is 2.43. The zero-order valence-corrected chi connectivity index (χ0v) is 14.8. The molecule has 7 nitrogen and oxygen atoms in total. The average molecular weight is 353 g/mol. The molecule has 1 aliphatic carbocycles. The first-order valence-corrected chi connectivity index (χ1v) is 8.97. The Labute approximate surface area is 152 Å². The number of hydrogen-bond acceptors (Lipinski definition) is 6. The van der Waals surface area contributed by atoms with E-state index in [1.807, 2.05) is 17.0 Å². The third-order valence-corrected chi connectivity index (χ3v) is 4.93. The van der Waals surface area contributed by atoms with Gasteiger partial charge in [0.2, 0.25) is 5.95 Å². The summed E-state index contributed by atoms with van der Waals surface area (Å²) in [6.45, 7) is 3.12. The molecule has 7 heteroatoms. The Morgan fingerprint density at radius 3 is 2.77 bits per heavy atom. The molecule has 2 aromatic rings. The number of ether oxygens (including phenoxy) is 1. The fraction of sp³-hybridized carbons (Fsp3) is 0.421. The van der Waals surface area contributed by atoms with Crippen molar-refractivity contribution in [2.75, 3.05) is 38.6 Å². The standard InChI is InChI=1S/C19H23N5O2/c1-26-15-4-2-3-13(9-15)16-10-17(16)23-19-21-11-14(12-22-19)18(25)24-7-5-20-6-8-24/h2-4,9,11-12,16-17,20H,5-8,10H2,1H3,(H,21,22,23)/t16-,17+/m0/s1. The normalized spacial score (nSPS) is 22.0. The maximum atomic E-state index is 12.4. The van der Waals surface area contributed by atoms with E-state index in [1.165, 1.54) is 5.56 Å². The number of carbonyl (C=O) groups is 1. The molecule has 2 aliphatic rings. The van der Waals surface area contributed by atoms with E-state index in [-0.39, 0.29) is 5.91 Å². The first-order chi connectivity index (χ1) is 12.7. The Hall–Kier alpha value is -2.67. The fourth-order valence-electron chi connectivity index (χ4n) is 3.32. The summed E-state index contributed by atoms with van der Waals surface area (Å²) >= 11 is 0. The Morgan fingerprint density at radius 2 is 2.04 bits per heavy atom. The number of nitrogens with one attached hydrogen (secondary N) is 2. The van der Waals surface area contributed by atoms with Crippen LogP contribution in [0.4, 0.5) is 5.95 Å². The average Bonchev–Trinajstić information content (AvgIpc) is 3.48. The number of hydrogen-bond donors (Lipinski definition) is 2. The van der Waals surface area contributed by atoms with E-state index < -0.39 is 0 Å². The van der Waals surface area contributed by atoms with Gasteiger partial charge in [0.05, 0.1) is 12.7 Å². The lowest BCUT2D eigenvalue weighted by molar-refractivity contribution is 0.0735. The highest BCUT2D eigenvalue weighted by Gasteiger charge is 2.39. The minimum absolute atomic E-state index is 0.00118. The Bertz CT molecular complexity index is 774. The van der Waals surface area contributed by atoms with Crippen LogP contribution in [0.5, 0.6) is 5.75 Å². The van der Waals surface area contributed by atoms with E-state index in [0.29, 0.717) is 23.5 Å². The molecule has 4 rings (SSSR count). The van der Waals surface area contributed by atoms with Crippen LogP contribution < -0.4 is 15.4 Å². The molecule has 1 amide bonds. The van der Waals surface area contributed by atoms with Crippen LogP contribution in [0.3, 0.4) is 0 Å². The number of aromatic nitrogens is 2. The van der Waals surface area contributed by atoms with Crippen LogP contribution in [0.15, 0.2) is 36.7 Å². The Balaban J connectivity index is 1.35. The van der Waals surface area contributed by atoms with Crippen molar-refractivity contribution in [3.05, 3.63) is 47.8 Å². The third-order valence-electron chi connectivity index (χ3n) is 4.93. The molecule has 1 aromatic heterocycles. The van der Waals surface area contributed by atoms with Crippen molar-refractivity contribution in [2.24, 2.45) is 0 Å². The topological polar surface area (TPSA) is 79.4 Å². The van der Waals surface area contributed by atoms with E-state index in [9.17, 15) is 4.79 Å². The van der Waals surface area contributed by atoms with Gasteiger partial charge in [0.15, 0.2) is 0 Å². The van der Waals surface area contributed by atoms with E-state index in [2.05, 4.69) is 32.7 Å². The second kappa shape index (κ2) is 7.29. The maximum Gasteiger partial charge on any atom is 0.257 e. The molecular weight excluding hydrogens is 330 g/mol. The molecule has 0 radical (unpaired) electrons. The first kappa shape index (κ1) is 16.8. The lowest BCUT2D eigenvalue weighted by atomic mass is 10.1. The zero-order chi connectivity index (χ0) is 17.9. The van der Waals surface area contributed by atoms with E-state index >= 15 is 0 Å². The van der Waals surface area contributed by atoms with Crippen molar-refractivity contribution in [3.63, 3.8) is 0 Å². The number of nitrogens with zero attached hydrogens (tertiary/aromatic N) is 3. The molecule has 2 fully saturated rings. The van der Waals surface area contributed by atoms with Gasteiger partial charge in [-0.2, -0.15) is 0 Å². The molecule has 1 aliphatic heterocycles. The molecule has 2 N–H and O–H groups in total. The van der Waals surface area contributed by atoms with Crippen molar-refractivity contribution < 1.29 is 9.53 Å². The fourth-order valence-corrected chi connectivity index (χ4v) is 3.32. The van der Waals surface area contributed by atoms with Gasteiger partial charge in [0.25, 0.3) is 5.91 Å². The molecule has 1 saturated carbocycles. The van der Waals surface area contributed by atoms with Crippen LogP contribution >= 0.6 is 0 Å². The molecule has 0 unspecified atom stereocenters. The number of amides is 1. The van der Waals surface area contributed by atoms with E-state index in [0.717, 1.165) is 38.3 Å². The molecular formula is C19H23N5O2. The van der Waals surface area contributed by atoms with Gasteiger partial charge >= 0.3 is 0 Å². The van der Waals surface area contributed by atoms with Gasteiger partial charge in [0.1, 0.15) is 5.75 Å². The van der Waals surface area contributed by atoms with Gasteiger partial charge in [0, 0.05) is 50.5 Å². The number of anilines is 1. The van der Waals surface area contributed by atoms with Crippen LogP contribution in [0.1, 0.15) is 28.3 Å². The third kappa shape index (κ3) is 3.62. The summed E-state index contributed by atoms with van der Waals surface area (Å²) in [5, 5.41) is 6.59. The maximum absolute atomic E-state index is 12.4. The van der Waals surface area contributed by atoms with Crippen molar-refractivity contribution >= 4 is 11.9 Å². The summed E-state index contributed by atoms with van der Waals surface area (Å²) in [7, 11) is 1.68. The van der Waals surface area contributed by atoms with Crippen LogP contribution in [0, 0.1) is 0 Å². The lowest BCUT2D eigenvalue weighted by Gasteiger charge is -2.27. The van der Waals surface area contributed by atoms with Gasteiger partial charge in [-0.3, -0.25) is 4.79 Å². The zero-order valence-electron chi connectivity index (χ0n) is 14.8. The number of rotatable bonds is 5. The SMILES string of the molecule is COc1cccc([C@@H]2C[C@H]2Nc2ncc(C(=O)N3CCNCC3)cn2)c1. The highest BCUT2D eigenvalue weighted by atomic mass is 16.5. The summed E-state index contributed by atoms with van der Waals surface area (Å²) in [5.41, 5.74) is 1.80. The number of benzene rings is 1. The van der Waals surface area contributed by atoms with Crippen LogP contribution in [-0.2, 0) is 0 Å². The molecule has 1 aromatic carbocycles.